The number of hydrogen-bond acceptors (Lipinski definition) is 4. The number of nitrogens with zero attached hydrogens (tertiary/aromatic N) is 2. The number of aromatic nitrogens is 2. The smallest absolute Gasteiger partial charge is 0.253 e. The molecule has 1 atom stereocenters. The van der Waals surface area contributed by atoms with Crippen molar-refractivity contribution in [3.63, 3.8) is 0 Å². The van der Waals surface area contributed by atoms with Crippen LogP contribution in [0, 0.1) is 6.92 Å². The molecule has 1 aromatic carbocycles. The van der Waals surface area contributed by atoms with Crippen molar-refractivity contribution >= 4 is 17.4 Å². The third-order valence-corrected chi connectivity index (χ3v) is 5.24. The molecule has 4 nitrogen and oxygen atoms in total. The third-order valence-electron chi connectivity index (χ3n) is 3.96. The molecule has 2 rings (SSSR count). The van der Waals surface area contributed by atoms with Gasteiger partial charge in [-0.25, -0.2) is 4.98 Å². The van der Waals surface area contributed by atoms with Crippen molar-refractivity contribution < 1.29 is 0 Å². The summed E-state index contributed by atoms with van der Waals surface area (Å²) in [5.41, 5.74) is 1.89. The number of anilines is 1. The highest BCUT2D eigenvalue weighted by Gasteiger charge is 2.05. The van der Waals surface area contributed by atoms with Gasteiger partial charge in [0.15, 0.2) is 0 Å². The number of nitrogens with one attached hydrogen (secondary N) is 1. The maximum atomic E-state index is 12.1. The van der Waals surface area contributed by atoms with E-state index in [9.17, 15) is 4.79 Å². The SMILES string of the molecule is CCc1nc(C)cc(=O)n1CCNc1ccc(SC(C)CC)cc1. The molecule has 0 fully saturated rings. The molecule has 5 heteroatoms. The zero-order valence-corrected chi connectivity index (χ0v) is 15.8. The molecule has 1 unspecified atom stereocenters. The fraction of sp³-hybridized carbons (Fsp3) is 0.474. The van der Waals surface area contributed by atoms with Gasteiger partial charge in [0.1, 0.15) is 5.82 Å². The molecule has 0 spiro atoms. The van der Waals surface area contributed by atoms with Gasteiger partial charge in [0.05, 0.1) is 0 Å². The molecule has 1 N–H and O–H groups in total. The summed E-state index contributed by atoms with van der Waals surface area (Å²) in [4.78, 5) is 17.9. The van der Waals surface area contributed by atoms with Gasteiger partial charge in [-0.2, -0.15) is 0 Å². The summed E-state index contributed by atoms with van der Waals surface area (Å²) in [6.45, 7) is 9.67. The summed E-state index contributed by atoms with van der Waals surface area (Å²) in [6.07, 6.45) is 1.93. The van der Waals surface area contributed by atoms with Crippen LogP contribution in [0.15, 0.2) is 40.0 Å². The maximum absolute atomic E-state index is 12.1. The highest BCUT2D eigenvalue weighted by Crippen LogP contribution is 2.26. The van der Waals surface area contributed by atoms with Crippen LogP contribution in [0.4, 0.5) is 5.69 Å². The van der Waals surface area contributed by atoms with Gasteiger partial charge in [-0.3, -0.25) is 9.36 Å². The monoisotopic (exact) mass is 345 g/mol. The van der Waals surface area contributed by atoms with Crippen molar-refractivity contribution in [2.24, 2.45) is 0 Å². The lowest BCUT2D eigenvalue weighted by molar-refractivity contribution is 0.629. The summed E-state index contributed by atoms with van der Waals surface area (Å²) in [7, 11) is 0. The molecule has 0 bridgehead atoms. The van der Waals surface area contributed by atoms with E-state index in [1.165, 1.54) is 11.3 Å². The second-order valence-electron chi connectivity index (χ2n) is 5.95. The molecular formula is C19H27N3OS. The standard InChI is InChI=1S/C19H27N3OS/c1-5-15(4)24-17-9-7-16(8-10-17)20-11-12-22-18(6-2)21-14(3)13-19(22)23/h7-10,13,15,20H,5-6,11-12H2,1-4H3. The van der Waals surface area contributed by atoms with Gasteiger partial charge in [-0.05, 0) is 37.6 Å². The van der Waals surface area contributed by atoms with Crippen molar-refractivity contribution in [3.05, 3.63) is 52.2 Å². The Balaban J connectivity index is 1.94. The highest BCUT2D eigenvalue weighted by molar-refractivity contribution is 7.99. The van der Waals surface area contributed by atoms with Gasteiger partial charge < -0.3 is 5.32 Å². The predicted octanol–water partition coefficient (Wildman–Crippen LogP) is 4.12. The molecule has 0 amide bonds. The third kappa shape index (κ3) is 5.13. The summed E-state index contributed by atoms with van der Waals surface area (Å²) >= 11 is 1.90. The van der Waals surface area contributed by atoms with Gasteiger partial charge in [-0.1, -0.05) is 20.8 Å². The van der Waals surface area contributed by atoms with E-state index in [2.05, 4.69) is 48.4 Å². The van der Waals surface area contributed by atoms with Crippen LogP contribution in [0.5, 0.6) is 0 Å². The zero-order valence-electron chi connectivity index (χ0n) is 15.0. The number of benzene rings is 1. The van der Waals surface area contributed by atoms with Gasteiger partial charge >= 0.3 is 0 Å². The Bertz CT molecular complexity index is 710. The Morgan fingerprint density at radius 1 is 1.25 bits per heavy atom. The summed E-state index contributed by atoms with van der Waals surface area (Å²) in [5.74, 6) is 0.849. The minimum Gasteiger partial charge on any atom is -0.383 e. The first-order chi connectivity index (χ1) is 11.5. The van der Waals surface area contributed by atoms with Crippen LogP contribution in [0.2, 0.25) is 0 Å². The molecule has 0 aliphatic carbocycles. The van der Waals surface area contributed by atoms with Gasteiger partial charge in [0.2, 0.25) is 0 Å². The molecule has 0 aliphatic rings. The van der Waals surface area contributed by atoms with Crippen molar-refractivity contribution in [2.45, 2.75) is 57.2 Å². The minimum atomic E-state index is 0.0291. The average Bonchev–Trinajstić information content (AvgIpc) is 2.57. The second kappa shape index (κ2) is 8.92. The molecule has 2 aromatic rings. The van der Waals surface area contributed by atoms with E-state index >= 15 is 0 Å². The van der Waals surface area contributed by atoms with Gasteiger partial charge in [0, 0.05) is 47.1 Å². The Hall–Kier alpha value is -1.75. The summed E-state index contributed by atoms with van der Waals surface area (Å²) in [5, 5.41) is 4.02. The van der Waals surface area contributed by atoms with Crippen molar-refractivity contribution in [1.29, 1.82) is 0 Å². The fourth-order valence-corrected chi connectivity index (χ4v) is 3.39. The molecule has 1 aromatic heterocycles. The van der Waals surface area contributed by atoms with E-state index in [4.69, 9.17) is 0 Å². The van der Waals surface area contributed by atoms with Crippen LogP contribution in [0.3, 0.4) is 0 Å². The normalized spacial score (nSPS) is 12.2. The van der Waals surface area contributed by atoms with Crippen LogP contribution in [0.25, 0.3) is 0 Å². The molecule has 24 heavy (non-hydrogen) atoms. The number of aryl methyl sites for hydroxylation is 2. The van der Waals surface area contributed by atoms with Crippen LogP contribution < -0.4 is 10.9 Å². The van der Waals surface area contributed by atoms with Crippen LogP contribution in [-0.4, -0.2) is 21.3 Å². The average molecular weight is 346 g/mol. The predicted molar refractivity (Wildman–Crippen MR) is 103 cm³/mol. The lowest BCUT2D eigenvalue weighted by atomic mass is 10.3. The van der Waals surface area contributed by atoms with Crippen LogP contribution in [0.1, 0.15) is 38.7 Å². The summed E-state index contributed by atoms with van der Waals surface area (Å²) < 4.78 is 1.76. The number of rotatable bonds is 8. The van der Waals surface area contributed by atoms with E-state index in [1.54, 1.807) is 10.6 Å². The lowest BCUT2D eigenvalue weighted by Crippen LogP contribution is -2.27. The Kier molecular flexibility index (Phi) is 6.91. The van der Waals surface area contributed by atoms with Gasteiger partial charge in [0.25, 0.3) is 5.56 Å². The minimum absolute atomic E-state index is 0.0291. The number of hydrogen-bond donors (Lipinski definition) is 1. The fourth-order valence-electron chi connectivity index (χ4n) is 2.47. The molecular weight excluding hydrogens is 318 g/mol. The van der Waals surface area contributed by atoms with Crippen molar-refractivity contribution in [3.8, 4) is 0 Å². The molecule has 1 heterocycles. The van der Waals surface area contributed by atoms with Crippen molar-refractivity contribution in [2.75, 3.05) is 11.9 Å². The van der Waals surface area contributed by atoms with Crippen LogP contribution >= 0.6 is 11.8 Å². The van der Waals surface area contributed by atoms with Crippen LogP contribution in [-0.2, 0) is 13.0 Å². The molecule has 130 valence electrons. The first-order valence-electron chi connectivity index (χ1n) is 8.61. The second-order valence-corrected chi connectivity index (χ2v) is 7.46. The molecule has 0 aliphatic heterocycles. The molecule has 0 saturated carbocycles. The highest BCUT2D eigenvalue weighted by atomic mass is 32.2. The topological polar surface area (TPSA) is 46.9 Å². The first-order valence-corrected chi connectivity index (χ1v) is 9.49. The Morgan fingerprint density at radius 3 is 2.58 bits per heavy atom. The Labute approximate surface area is 148 Å². The lowest BCUT2D eigenvalue weighted by Gasteiger charge is -2.13. The number of thioether (sulfide) groups is 1. The van der Waals surface area contributed by atoms with E-state index < -0.39 is 0 Å². The van der Waals surface area contributed by atoms with E-state index in [-0.39, 0.29) is 5.56 Å². The summed E-state index contributed by atoms with van der Waals surface area (Å²) in [6, 6.07) is 10.1. The van der Waals surface area contributed by atoms with Gasteiger partial charge in [-0.15, -0.1) is 11.8 Å². The zero-order chi connectivity index (χ0) is 17.5. The quantitative estimate of drug-likeness (QED) is 0.731. The maximum Gasteiger partial charge on any atom is 0.253 e. The first kappa shape index (κ1) is 18.6. The van der Waals surface area contributed by atoms with Crippen molar-refractivity contribution in [1.82, 2.24) is 9.55 Å². The molecule has 0 radical (unpaired) electrons. The Morgan fingerprint density at radius 2 is 1.96 bits per heavy atom. The van der Waals surface area contributed by atoms with E-state index in [1.807, 2.05) is 25.6 Å². The van der Waals surface area contributed by atoms with E-state index in [0.717, 1.165) is 23.6 Å². The van der Waals surface area contributed by atoms with E-state index in [0.29, 0.717) is 18.3 Å². The molecule has 0 saturated heterocycles. The largest absolute Gasteiger partial charge is 0.383 e.